The second-order valence-corrected chi connectivity index (χ2v) is 6.02. The van der Waals surface area contributed by atoms with E-state index in [1.807, 2.05) is 12.1 Å². The Kier molecular flexibility index (Phi) is 5.00. The second-order valence-electron chi connectivity index (χ2n) is 5.58. The number of hydrogen-bond acceptors (Lipinski definition) is 3. The average Bonchev–Trinajstić information content (AvgIpc) is 2.60. The molecule has 2 N–H and O–H groups in total. The van der Waals surface area contributed by atoms with Gasteiger partial charge in [0.1, 0.15) is 0 Å². The SMILES string of the molecule is O=C(CCn1c(=O)[nH]c(=O)c2ccccc21)NCc1cccc(Cl)c1. The van der Waals surface area contributed by atoms with Crippen LogP contribution in [0.3, 0.4) is 0 Å². The number of aromatic nitrogens is 2. The summed E-state index contributed by atoms with van der Waals surface area (Å²) in [6, 6.07) is 14.0. The van der Waals surface area contributed by atoms with E-state index in [1.165, 1.54) is 4.57 Å². The van der Waals surface area contributed by atoms with Gasteiger partial charge in [-0.25, -0.2) is 4.79 Å². The fraction of sp³-hybridized carbons (Fsp3) is 0.167. The summed E-state index contributed by atoms with van der Waals surface area (Å²) in [5, 5.41) is 3.82. The van der Waals surface area contributed by atoms with Gasteiger partial charge in [-0.1, -0.05) is 35.9 Å². The van der Waals surface area contributed by atoms with E-state index >= 15 is 0 Å². The molecule has 0 fully saturated rings. The molecule has 0 aliphatic heterocycles. The highest BCUT2D eigenvalue weighted by atomic mass is 35.5. The van der Waals surface area contributed by atoms with Crippen LogP contribution in [0.25, 0.3) is 10.9 Å². The minimum absolute atomic E-state index is 0.122. The molecule has 0 aliphatic carbocycles. The number of halogens is 1. The van der Waals surface area contributed by atoms with Gasteiger partial charge in [-0.05, 0) is 29.8 Å². The van der Waals surface area contributed by atoms with Crippen LogP contribution in [0.5, 0.6) is 0 Å². The summed E-state index contributed by atoms with van der Waals surface area (Å²) in [7, 11) is 0. The summed E-state index contributed by atoms with van der Waals surface area (Å²) in [5.41, 5.74) is 0.458. The Balaban J connectivity index is 1.69. The molecule has 0 unspecified atom stereocenters. The molecule has 0 spiro atoms. The largest absolute Gasteiger partial charge is 0.352 e. The highest BCUT2D eigenvalue weighted by Crippen LogP contribution is 2.10. The zero-order valence-corrected chi connectivity index (χ0v) is 14.0. The molecule has 6 nitrogen and oxygen atoms in total. The molecule has 0 saturated heterocycles. The maximum absolute atomic E-state index is 12.1. The molecule has 2 aromatic carbocycles. The number of aromatic amines is 1. The number of nitrogens with one attached hydrogen (secondary N) is 2. The van der Waals surface area contributed by atoms with Crippen molar-refractivity contribution in [1.82, 2.24) is 14.9 Å². The number of carbonyl (C=O) groups excluding carboxylic acids is 1. The Morgan fingerprint density at radius 3 is 2.72 bits per heavy atom. The number of aryl methyl sites for hydroxylation is 1. The minimum Gasteiger partial charge on any atom is -0.352 e. The third-order valence-electron chi connectivity index (χ3n) is 3.85. The Bertz CT molecular complexity index is 1040. The zero-order chi connectivity index (χ0) is 17.8. The second kappa shape index (κ2) is 7.36. The maximum Gasteiger partial charge on any atom is 0.328 e. The predicted molar refractivity (Wildman–Crippen MR) is 96.7 cm³/mol. The van der Waals surface area contributed by atoms with Crippen molar-refractivity contribution in [3.8, 4) is 0 Å². The van der Waals surface area contributed by atoms with E-state index < -0.39 is 11.2 Å². The van der Waals surface area contributed by atoms with Gasteiger partial charge in [-0.3, -0.25) is 19.1 Å². The number of amides is 1. The van der Waals surface area contributed by atoms with E-state index in [2.05, 4.69) is 10.3 Å². The van der Waals surface area contributed by atoms with Crippen LogP contribution in [-0.4, -0.2) is 15.5 Å². The third kappa shape index (κ3) is 3.97. The summed E-state index contributed by atoms with van der Waals surface area (Å²) in [6.07, 6.45) is 0.122. The number of nitrogens with zero attached hydrogens (tertiary/aromatic N) is 1. The normalized spacial score (nSPS) is 10.8. The first kappa shape index (κ1) is 17.0. The number of fused-ring (bicyclic) bond motifs is 1. The fourth-order valence-corrected chi connectivity index (χ4v) is 2.83. The Morgan fingerprint density at radius 1 is 1.12 bits per heavy atom. The van der Waals surface area contributed by atoms with Crippen molar-refractivity contribution >= 4 is 28.4 Å². The highest BCUT2D eigenvalue weighted by molar-refractivity contribution is 6.30. The van der Waals surface area contributed by atoms with E-state index in [4.69, 9.17) is 11.6 Å². The van der Waals surface area contributed by atoms with Crippen molar-refractivity contribution in [3.05, 3.63) is 80.0 Å². The molecule has 128 valence electrons. The van der Waals surface area contributed by atoms with Crippen molar-refractivity contribution < 1.29 is 4.79 Å². The Hall–Kier alpha value is -2.86. The van der Waals surface area contributed by atoms with Crippen LogP contribution in [-0.2, 0) is 17.9 Å². The van der Waals surface area contributed by atoms with Gasteiger partial charge < -0.3 is 5.32 Å². The van der Waals surface area contributed by atoms with Crippen molar-refractivity contribution in [2.24, 2.45) is 0 Å². The summed E-state index contributed by atoms with van der Waals surface area (Å²) in [4.78, 5) is 38.2. The number of rotatable bonds is 5. The van der Waals surface area contributed by atoms with Gasteiger partial charge in [-0.2, -0.15) is 0 Å². The predicted octanol–water partition coefficient (Wildman–Crippen LogP) is 2.05. The molecule has 1 heterocycles. The van der Waals surface area contributed by atoms with Gasteiger partial charge in [-0.15, -0.1) is 0 Å². The van der Waals surface area contributed by atoms with Crippen molar-refractivity contribution in [1.29, 1.82) is 0 Å². The molecule has 3 rings (SSSR count). The first-order chi connectivity index (χ1) is 12.0. The molecule has 1 amide bonds. The maximum atomic E-state index is 12.1. The molecule has 1 aromatic heterocycles. The quantitative estimate of drug-likeness (QED) is 0.733. The van der Waals surface area contributed by atoms with Gasteiger partial charge in [0, 0.05) is 24.5 Å². The van der Waals surface area contributed by atoms with Crippen LogP contribution in [0.2, 0.25) is 5.02 Å². The molecule has 0 saturated carbocycles. The lowest BCUT2D eigenvalue weighted by Crippen LogP contribution is -2.32. The van der Waals surface area contributed by atoms with Crippen LogP contribution in [0.4, 0.5) is 0 Å². The van der Waals surface area contributed by atoms with Crippen LogP contribution in [0.15, 0.2) is 58.1 Å². The summed E-state index contributed by atoms with van der Waals surface area (Å²) in [5.74, 6) is -0.192. The molecule has 25 heavy (non-hydrogen) atoms. The van der Waals surface area contributed by atoms with Gasteiger partial charge in [0.05, 0.1) is 10.9 Å². The number of hydrogen-bond donors (Lipinski definition) is 2. The van der Waals surface area contributed by atoms with Crippen LogP contribution < -0.4 is 16.6 Å². The summed E-state index contributed by atoms with van der Waals surface area (Å²) in [6.45, 7) is 0.540. The van der Waals surface area contributed by atoms with Crippen molar-refractivity contribution in [3.63, 3.8) is 0 Å². The molecule has 0 atom stereocenters. The van der Waals surface area contributed by atoms with Crippen molar-refractivity contribution in [2.45, 2.75) is 19.5 Å². The lowest BCUT2D eigenvalue weighted by atomic mass is 10.2. The molecule has 3 aromatic rings. The first-order valence-electron chi connectivity index (χ1n) is 7.77. The van der Waals surface area contributed by atoms with E-state index in [-0.39, 0.29) is 18.9 Å². The van der Waals surface area contributed by atoms with Crippen molar-refractivity contribution in [2.75, 3.05) is 0 Å². The Labute approximate surface area is 148 Å². The zero-order valence-electron chi connectivity index (χ0n) is 13.3. The van der Waals surface area contributed by atoms with Gasteiger partial charge >= 0.3 is 5.69 Å². The number of carbonyl (C=O) groups is 1. The van der Waals surface area contributed by atoms with E-state index in [0.717, 1.165) is 5.56 Å². The smallest absolute Gasteiger partial charge is 0.328 e. The number of H-pyrrole nitrogens is 1. The van der Waals surface area contributed by atoms with Crippen LogP contribution in [0.1, 0.15) is 12.0 Å². The number of para-hydroxylation sites is 1. The van der Waals surface area contributed by atoms with E-state index in [1.54, 1.807) is 36.4 Å². The fourth-order valence-electron chi connectivity index (χ4n) is 2.61. The molecule has 0 aliphatic rings. The minimum atomic E-state index is -0.522. The van der Waals surface area contributed by atoms with Gasteiger partial charge in [0.15, 0.2) is 0 Å². The average molecular weight is 358 g/mol. The highest BCUT2D eigenvalue weighted by Gasteiger charge is 2.09. The molecule has 0 bridgehead atoms. The summed E-state index contributed by atoms with van der Waals surface area (Å²) < 4.78 is 1.40. The topological polar surface area (TPSA) is 84.0 Å². The Morgan fingerprint density at radius 2 is 1.92 bits per heavy atom. The third-order valence-corrected chi connectivity index (χ3v) is 4.08. The molecule has 7 heteroatoms. The van der Waals surface area contributed by atoms with E-state index in [9.17, 15) is 14.4 Å². The van der Waals surface area contributed by atoms with Gasteiger partial charge in [0.2, 0.25) is 5.91 Å². The molecular formula is C18H16ClN3O3. The molecule has 0 radical (unpaired) electrons. The van der Waals surface area contributed by atoms with Crippen LogP contribution >= 0.6 is 11.6 Å². The number of benzene rings is 2. The van der Waals surface area contributed by atoms with Crippen LogP contribution in [0, 0.1) is 0 Å². The standard InChI is InChI=1S/C18H16ClN3O3/c19-13-5-3-4-12(10-13)11-20-16(23)8-9-22-15-7-2-1-6-14(15)17(24)21-18(22)25/h1-7,10H,8-9,11H2,(H,20,23)(H,21,24,25). The van der Waals surface area contributed by atoms with Gasteiger partial charge in [0.25, 0.3) is 5.56 Å². The molecular weight excluding hydrogens is 342 g/mol. The monoisotopic (exact) mass is 357 g/mol. The first-order valence-corrected chi connectivity index (χ1v) is 8.15. The lowest BCUT2D eigenvalue weighted by Gasteiger charge is -2.10. The summed E-state index contributed by atoms with van der Waals surface area (Å²) >= 11 is 5.91. The lowest BCUT2D eigenvalue weighted by molar-refractivity contribution is -0.121. The van der Waals surface area contributed by atoms with E-state index in [0.29, 0.717) is 22.5 Å².